The van der Waals surface area contributed by atoms with Gasteiger partial charge in [0.1, 0.15) is 11.5 Å². The Morgan fingerprint density at radius 1 is 1.25 bits per heavy atom. The Kier molecular flexibility index (Phi) is 4.10. The van der Waals surface area contributed by atoms with Gasteiger partial charge in [-0.2, -0.15) is 0 Å². The highest BCUT2D eigenvalue weighted by Gasteiger charge is 2.45. The molecule has 1 saturated carbocycles. The molecule has 130 valence electrons. The van der Waals surface area contributed by atoms with Crippen LogP contribution in [-0.4, -0.2) is 46.8 Å². The Bertz CT molecular complexity index is 634. The number of likely N-dealkylation sites (tertiary alicyclic amines) is 2. The van der Waals surface area contributed by atoms with E-state index in [2.05, 4.69) is 4.90 Å². The summed E-state index contributed by atoms with van der Waals surface area (Å²) >= 11 is 0. The van der Waals surface area contributed by atoms with E-state index in [0.717, 1.165) is 37.5 Å². The zero-order valence-corrected chi connectivity index (χ0v) is 14.4. The lowest BCUT2D eigenvalue weighted by Gasteiger charge is -2.47. The molecule has 5 nitrogen and oxygen atoms in total. The molecule has 0 spiro atoms. The third-order valence-corrected chi connectivity index (χ3v) is 5.74. The second kappa shape index (κ2) is 6.26. The maximum atomic E-state index is 12.5. The SMILES string of the molecule is Cc1ccc(CCC(=O)N2CC[C@H]3[C@@H](CCC(=O)N3C3CC3)C2)o1. The number of rotatable bonds is 4. The van der Waals surface area contributed by atoms with E-state index in [1.54, 1.807) is 0 Å². The predicted molar refractivity (Wildman–Crippen MR) is 89.3 cm³/mol. The molecule has 3 fully saturated rings. The van der Waals surface area contributed by atoms with Crippen molar-refractivity contribution in [3.8, 4) is 0 Å². The minimum absolute atomic E-state index is 0.220. The summed E-state index contributed by atoms with van der Waals surface area (Å²) in [6.45, 7) is 3.52. The van der Waals surface area contributed by atoms with Crippen molar-refractivity contribution in [3.63, 3.8) is 0 Å². The predicted octanol–water partition coefficient (Wildman–Crippen LogP) is 2.52. The molecule has 2 atom stereocenters. The molecular weight excluding hydrogens is 304 g/mol. The normalized spacial score (nSPS) is 27.3. The third kappa shape index (κ3) is 3.08. The van der Waals surface area contributed by atoms with Gasteiger partial charge in [0.2, 0.25) is 11.8 Å². The minimum atomic E-state index is 0.220. The summed E-state index contributed by atoms with van der Waals surface area (Å²) in [5.74, 6) is 2.81. The van der Waals surface area contributed by atoms with Crippen LogP contribution in [0.3, 0.4) is 0 Å². The number of furan rings is 1. The summed E-state index contributed by atoms with van der Waals surface area (Å²) in [4.78, 5) is 29.0. The van der Waals surface area contributed by atoms with Gasteiger partial charge < -0.3 is 14.2 Å². The third-order valence-electron chi connectivity index (χ3n) is 5.74. The van der Waals surface area contributed by atoms with E-state index in [0.29, 0.717) is 43.2 Å². The van der Waals surface area contributed by atoms with E-state index < -0.39 is 0 Å². The van der Waals surface area contributed by atoms with Crippen molar-refractivity contribution in [3.05, 3.63) is 23.7 Å². The number of carbonyl (C=O) groups excluding carboxylic acids is 2. The number of hydrogen-bond acceptors (Lipinski definition) is 3. The number of aryl methyl sites for hydroxylation is 2. The monoisotopic (exact) mass is 330 g/mol. The van der Waals surface area contributed by atoms with Crippen LogP contribution in [0.25, 0.3) is 0 Å². The lowest BCUT2D eigenvalue weighted by Crippen LogP contribution is -2.57. The average molecular weight is 330 g/mol. The lowest BCUT2D eigenvalue weighted by atomic mass is 9.83. The molecular formula is C19H26N2O3. The molecule has 1 aliphatic carbocycles. The van der Waals surface area contributed by atoms with Gasteiger partial charge in [-0.1, -0.05) is 0 Å². The minimum Gasteiger partial charge on any atom is -0.466 e. The zero-order chi connectivity index (χ0) is 16.7. The summed E-state index contributed by atoms with van der Waals surface area (Å²) in [6, 6.07) is 4.76. The van der Waals surface area contributed by atoms with Gasteiger partial charge in [-0.3, -0.25) is 9.59 Å². The number of carbonyl (C=O) groups is 2. The van der Waals surface area contributed by atoms with E-state index in [1.807, 2.05) is 24.0 Å². The fourth-order valence-corrected chi connectivity index (χ4v) is 4.35. The quantitative estimate of drug-likeness (QED) is 0.852. The molecule has 0 aromatic carbocycles. The first kappa shape index (κ1) is 15.7. The number of amides is 2. The molecule has 0 N–H and O–H groups in total. The molecule has 3 heterocycles. The molecule has 4 rings (SSSR count). The van der Waals surface area contributed by atoms with E-state index >= 15 is 0 Å². The maximum absolute atomic E-state index is 12.5. The number of hydrogen-bond donors (Lipinski definition) is 0. The van der Waals surface area contributed by atoms with Crippen LogP contribution in [0, 0.1) is 12.8 Å². The molecule has 2 aliphatic heterocycles. The highest BCUT2D eigenvalue weighted by atomic mass is 16.3. The fourth-order valence-electron chi connectivity index (χ4n) is 4.35. The van der Waals surface area contributed by atoms with Crippen LogP contribution in [-0.2, 0) is 16.0 Å². The Morgan fingerprint density at radius 3 is 2.79 bits per heavy atom. The molecule has 24 heavy (non-hydrogen) atoms. The van der Waals surface area contributed by atoms with Crippen LogP contribution in [0.1, 0.15) is 50.0 Å². The van der Waals surface area contributed by atoms with Crippen LogP contribution in [0.2, 0.25) is 0 Å². The summed E-state index contributed by atoms with van der Waals surface area (Å²) in [7, 11) is 0. The second-order valence-electron chi connectivity index (χ2n) is 7.54. The van der Waals surface area contributed by atoms with Gasteiger partial charge in [-0.05, 0) is 50.7 Å². The van der Waals surface area contributed by atoms with Crippen molar-refractivity contribution in [1.82, 2.24) is 9.80 Å². The Labute approximate surface area is 143 Å². The molecule has 2 saturated heterocycles. The molecule has 3 aliphatic rings. The number of piperidine rings is 2. The van der Waals surface area contributed by atoms with Gasteiger partial charge in [0.15, 0.2) is 0 Å². The van der Waals surface area contributed by atoms with E-state index in [9.17, 15) is 9.59 Å². The van der Waals surface area contributed by atoms with E-state index in [1.165, 1.54) is 12.8 Å². The number of nitrogens with zero attached hydrogens (tertiary/aromatic N) is 2. The molecule has 0 bridgehead atoms. The maximum Gasteiger partial charge on any atom is 0.223 e. The first-order chi connectivity index (χ1) is 11.6. The van der Waals surface area contributed by atoms with Crippen LogP contribution in [0.5, 0.6) is 0 Å². The van der Waals surface area contributed by atoms with Crippen LogP contribution >= 0.6 is 0 Å². The van der Waals surface area contributed by atoms with Crippen molar-refractivity contribution in [1.29, 1.82) is 0 Å². The van der Waals surface area contributed by atoms with Gasteiger partial charge in [-0.25, -0.2) is 0 Å². The molecule has 0 unspecified atom stereocenters. The van der Waals surface area contributed by atoms with Gasteiger partial charge in [-0.15, -0.1) is 0 Å². The van der Waals surface area contributed by atoms with Gasteiger partial charge in [0.05, 0.1) is 0 Å². The van der Waals surface area contributed by atoms with E-state index in [-0.39, 0.29) is 5.91 Å². The fraction of sp³-hybridized carbons (Fsp3) is 0.684. The van der Waals surface area contributed by atoms with E-state index in [4.69, 9.17) is 4.42 Å². The van der Waals surface area contributed by atoms with Crippen molar-refractivity contribution >= 4 is 11.8 Å². The highest BCUT2D eigenvalue weighted by Crippen LogP contribution is 2.39. The highest BCUT2D eigenvalue weighted by molar-refractivity contribution is 5.79. The Morgan fingerprint density at radius 2 is 2.08 bits per heavy atom. The van der Waals surface area contributed by atoms with Gasteiger partial charge in [0.25, 0.3) is 0 Å². The van der Waals surface area contributed by atoms with Crippen molar-refractivity contribution in [2.75, 3.05) is 13.1 Å². The summed E-state index contributed by atoms with van der Waals surface area (Å²) < 4.78 is 5.55. The van der Waals surface area contributed by atoms with Crippen LogP contribution in [0.15, 0.2) is 16.5 Å². The summed E-state index contributed by atoms with van der Waals surface area (Å²) in [6.07, 6.45) is 6.05. The van der Waals surface area contributed by atoms with Gasteiger partial charge >= 0.3 is 0 Å². The first-order valence-electron chi connectivity index (χ1n) is 9.26. The van der Waals surface area contributed by atoms with Gasteiger partial charge in [0, 0.05) is 44.4 Å². The standard InChI is InChI=1S/C19H26N2O3/c1-13-2-6-16(24-13)7-9-18(22)20-11-10-17-14(12-20)3-8-19(23)21(17)15-4-5-15/h2,6,14-15,17H,3-5,7-12H2,1H3/t14-,17-/m0/s1. The molecule has 0 radical (unpaired) electrons. The lowest BCUT2D eigenvalue weighted by molar-refractivity contribution is -0.145. The van der Waals surface area contributed by atoms with Crippen molar-refractivity contribution < 1.29 is 14.0 Å². The molecule has 1 aromatic rings. The molecule has 5 heteroatoms. The second-order valence-corrected chi connectivity index (χ2v) is 7.54. The summed E-state index contributed by atoms with van der Waals surface area (Å²) in [5, 5.41) is 0. The zero-order valence-electron chi connectivity index (χ0n) is 14.4. The van der Waals surface area contributed by atoms with Crippen molar-refractivity contribution in [2.45, 2.75) is 64.0 Å². The molecule has 2 amide bonds. The Hall–Kier alpha value is -1.78. The summed E-state index contributed by atoms with van der Waals surface area (Å²) in [5.41, 5.74) is 0. The van der Waals surface area contributed by atoms with Crippen LogP contribution < -0.4 is 0 Å². The smallest absolute Gasteiger partial charge is 0.223 e. The van der Waals surface area contributed by atoms with Crippen LogP contribution in [0.4, 0.5) is 0 Å². The topological polar surface area (TPSA) is 53.8 Å². The molecule has 1 aromatic heterocycles. The number of fused-ring (bicyclic) bond motifs is 1. The Balaban J connectivity index is 1.34. The first-order valence-corrected chi connectivity index (χ1v) is 9.26. The largest absolute Gasteiger partial charge is 0.466 e. The average Bonchev–Trinajstić information content (AvgIpc) is 3.33. The van der Waals surface area contributed by atoms with Crippen molar-refractivity contribution in [2.24, 2.45) is 5.92 Å².